The van der Waals surface area contributed by atoms with Gasteiger partial charge in [-0.3, -0.25) is 0 Å². The van der Waals surface area contributed by atoms with Gasteiger partial charge in [-0.25, -0.2) is 5.21 Å². The number of allylic oxidation sites excluding steroid dienone is 4. The van der Waals surface area contributed by atoms with Gasteiger partial charge in [0.2, 0.25) is 0 Å². The summed E-state index contributed by atoms with van der Waals surface area (Å²) in [6, 6.07) is 0. The normalized spacial score (nSPS) is 13.1. The fraction of sp³-hybridized carbons (Fsp3) is 0.911. The summed E-state index contributed by atoms with van der Waals surface area (Å²) in [5.74, 6) is -0.433. The lowest BCUT2D eigenvalue weighted by molar-refractivity contribution is -1.08. The first-order valence-corrected chi connectivity index (χ1v) is 22.0. The van der Waals surface area contributed by atoms with Gasteiger partial charge in [-0.1, -0.05) is 168 Å². The smallest absolute Gasteiger partial charge is 0.176 e. The molecule has 4 nitrogen and oxygen atoms in total. The minimum atomic E-state index is -0.601. The van der Waals surface area contributed by atoms with E-state index in [1.807, 2.05) is 14.1 Å². The van der Waals surface area contributed by atoms with Gasteiger partial charge in [0.1, 0.15) is 6.54 Å². The van der Waals surface area contributed by atoms with Crippen molar-refractivity contribution in [2.45, 2.75) is 226 Å². The summed E-state index contributed by atoms with van der Waals surface area (Å²) in [5.41, 5.74) is 0. The van der Waals surface area contributed by atoms with Crippen LogP contribution in [0.5, 0.6) is 0 Å². The van der Waals surface area contributed by atoms with Crippen LogP contribution in [0.4, 0.5) is 0 Å². The van der Waals surface area contributed by atoms with Crippen LogP contribution in [0.25, 0.3) is 0 Å². The highest BCUT2D eigenvalue weighted by molar-refractivity contribution is 4.82. The van der Waals surface area contributed by atoms with E-state index in [0.717, 1.165) is 38.9 Å². The van der Waals surface area contributed by atoms with Crippen molar-refractivity contribution in [3.05, 3.63) is 24.3 Å². The van der Waals surface area contributed by atoms with Gasteiger partial charge in [-0.15, -0.1) is 0 Å². The fourth-order valence-corrected chi connectivity index (χ4v) is 7.08. The van der Waals surface area contributed by atoms with Crippen LogP contribution in [0, 0.1) is 5.92 Å². The summed E-state index contributed by atoms with van der Waals surface area (Å²) in [7, 11) is 3.72. The molecule has 0 spiro atoms. The molecule has 0 radical (unpaired) electrons. The number of rotatable bonds is 39. The Balaban J connectivity index is 0. The highest BCUT2D eigenvalue weighted by Crippen LogP contribution is 2.33. The molecule has 0 aliphatic carbocycles. The first kappa shape index (κ1) is 51.9. The number of unbranched alkanes of at least 4 members (excludes halogenated alkanes) is 24. The molecule has 1 unspecified atom stereocenters. The minimum absolute atomic E-state index is 0. The van der Waals surface area contributed by atoms with Crippen molar-refractivity contribution < 1.29 is 36.3 Å². The Hall–Kier alpha value is -0.200. The number of quaternary nitrogens is 1. The lowest BCUT2D eigenvalue weighted by Gasteiger charge is -2.41. The highest BCUT2D eigenvalue weighted by Gasteiger charge is 2.42. The molecule has 1 N–H and O–H groups in total. The average Bonchev–Trinajstić information content (AvgIpc) is 3.08. The first-order chi connectivity index (χ1) is 23.8. The van der Waals surface area contributed by atoms with Crippen LogP contribution in [0.15, 0.2) is 24.3 Å². The molecule has 0 saturated carbocycles. The Morgan fingerprint density at radius 3 is 1.06 bits per heavy atom. The van der Waals surface area contributed by atoms with Crippen LogP contribution in [-0.4, -0.2) is 49.5 Å². The Bertz CT molecular complexity index is 676. The third kappa shape index (κ3) is 33.6. The van der Waals surface area contributed by atoms with Crippen LogP contribution in [0.3, 0.4) is 0 Å². The van der Waals surface area contributed by atoms with Gasteiger partial charge < -0.3 is 26.5 Å². The molecule has 0 rings (SSSR count). The van der Waals surface area contributed by atoms with E-state index >= 15 is 0 Å². The minimum Gasteiger partial charge on any atom is -1.00 e. The van der Waals surface area contributed by atoms with Gasteiger partial charge in [-0.2, -0.15) is 4.65 Å². The number of hydroxylamine groups is 3. The lowest BCUT2D eigenvalue weighted by atomic mass is 9.92. The summed E-state index contributed by atoms with van der Waals surface area (Å²) in [4.78, 5) is 0. The van der Waals surface area contributed by atoms with E-state index in [0.29, 0.717) is 6.54 Å². The second-order valence-electron chi connectivity index (χ2n) is 15.6. The molecule has 1 atom stereocenters. The quantitative estimate of drug-likeness (QED) is 0.0222. The highest BCUT2D eigenvalue weighted by atomic mass is 79.9. The molecule has 0 aliphatic rings. The van der Waals surface area contributed by atoms with E-state index in [9.17, 15) is 5.21 Å². The maximum absolute atomic E-state index is 10.6. The van der Waals surface area contributed by atoms with Gasteiger partial charge in [0.05, 0.1) is 33.2 Å². The lowest BCUT2D eigenvalue weighted by Crippen LogP contribution is -3.00. The van der Waals surface area contributed by atoms with Crippen molar-refractivity contribution in [3.63, 3.8) is 0 Å². The molecule has 50 heavy (non-hydrogen) atoms. The predicted octanol–water partition coefficient (Wildman–Crippen LogP) is 11.7. The molecule has 0 aromatic rings. The van der Waals surface area contributed by atoms with Crippen molar-refractivity contribution >= 4 is 0 Å². The molecule has 0 aromatic carbocycles. The maximum atomic E-state index is 10.6. The van der Waals surface area contributed by atoms with Crippen LogP contribution < -0.4 is 17.0 Å². The summed E-state index contributed by atoms with van der Waals surface area (Å²) in [5, 5.41) is 10.6. The van der Waals surface area contributed by atoms with E-state index in [1.165, 1.54) is 167 Å². The SMILES string of the molecule is CCCCCCCC/C=C\CCCCCCCCOC(CC)(OCCCCCCCC/C=C\CCCCCCCC)C(CC)C[N+](C)(C)O.[Br-]. The molecule has 0 aliphatic heterocycles. The molecule has 0 fully saturated rings. The number of hydrogen-bond acceptors (Lipinski definition) is 3. The average molecular weight is 773 g/mol. The number of halogens is 1. The largest absolute Gasteiger partial charge is 1.00 e. The molecule has 0 bridgehead atoms. The summed E-state index contributed by atoms with van der Waals surface area (Å²) < 4.78 is 13.3. The zero-order valence-electron chi connectivity index (χ0n) is 34.8. The Kier molecular flexibility index (Phi) is 40.0. The van der Waals surface area contributed by atoms with Gasteiger partial charge >= 0.3 is 0 Å². The second kappa shape index (κ2) is 38.5. The van der Waals surface area contributed by atoms with E-state index in [-0.39, 0.29) is 27.5 Å². The number of hydrogen-bond donors (Lipinski definition) is 1. The summed E-state index contributed by atoms with van der Waals surface area (Å²) in [6.07, 6.45) is 48.2. The van der Waals surface area contributed by atoms with Crippen molar-refractivity contribution in [1.82, 2.24) is 0 Å². The summed E-state index contributed by atoms with van der Waals surface area (Å²) in [6.45, 7) is 11.1. The zero-order valence-corrected chi connectivity index (χ0v) is 36.4. The number of ether oxygens (including phenoxy) is 2. The van der Waals surface area contributed by atoms with Gasteiger partial charge in [0.25, 0.3) is 0 Å². The molecular formula is C45H90BrNO3. The van der Waals surface area contributed by atoms with Crippen LogP contribution in [0.2, 0.25) is 0 Å². The van der Waals surface area contributed by atoms with E-state index in [1.54, 1.807) is 0 Å². The molecule has 0 aromatic heterocycles. The maximum Gasteiger partial charge on any atom is 0.176 e. The molecule has 0 heterocycles. The van der Waals surface area contributed by atoms with Crippen molar-refractivity contribution in [2.75, 3.05) is 33.9 Å². The molecule has 300 valence electrons. The third-order valence-electron chi connectivity index (χ3n) is 10.3. The van der Waals surface area contributed by atoms with E-state index in [4.69, 9.17) is 9.47 Å². The second-order valence-corrected chi connectivity index (χ2v) is 15.6. The van der Waals surface area contributed by atoms with Crippen LogP contribution in [-0.2, 0) is 9.47 Å². The molecular weight excluding hydrogens is 682 g/mol. The molecule has 0 amide bonds. The Labute approximate surface area is 325 Å². The van der Waals surface area contributed by atoms with Crippen molar-refractivity contribution in [1.29, 1.82) is 0 Å². The van der Waals surface area contributed by atoms with Gasteiger partial charge in [0.15, 0.2) is 5.79 Å². The zero-order chi connectivity index (χ0) is 36.2. The Morgan fingerprint density at radius 2 is 0.780 bits per heavy atom. The third-order valence-corrected chi connectivity index (χ3v) is 10.3. The van der Waals surface area contributed by atoms with Crippen molar-refractivity contribution in [2.24, 2.45) is 5.92 Å². The Morgan fingerprint density at radius 1 is 0.480 bits per heavy atom. The predicted molar refractivity (Wildman–Crippen MR) is 216 cm³/mol. The van der Waals surface area contributed by atoms with Gasteiger partial charge in [0, 0.05) is 0 Å². The summed E-state index contributed by atoms with van der Waals surface area (Å²) >= 11 is 0. The fourth-order valence-electron chi connectivity index (χ4n) is 7.08. The van der Waals surface area contributed by atoms with Crippen LogP contribution in [0.1, 0.15) is 220 Å². The van der Waals surface area contributed by atoms with E-state index < -0.39 is 5.79 Å². The van der Waals surface area contributed by atoms with Gasteiger partial charge in [-0.05, 0) is 77.0 Å². The number of nitrogens with zero attached hydrogens (tertiary/aromatic N) is 1. The van der Waals surface area contributed by atoms with E-state index in [2.05, 4.69) is 52.0 Å². The monoisotopic (exact) mass is 772 g/mol. The molecule has 5 heteroatoms. The van der Waals surface area contributed by atoms with Crippen LogP contribution >= 0.6 is 0 Å². The standard InChI is InChI=1S/C45H90NO3.BrH/c1-7-11-13-15-17-19-21-23-25-27-29-31-33-35-37-39-41-48-45(10-4,44(9-3)43-46(5,6)47)49-42-40-38-36-34-32-30-28-26-24-22-20-18-16-14-12-8-2;/h23-26,44,47H,7-22,27-43H2,1-6H3;1H/q+1;/p-1/b25-23-,26-24-;. The first-order valence-electron chi connectivity index (χ1n) is 22.0. The van der Waals surface area contributed by atoms with Crippen molar-refractivity contribution in [3.8, 4) is 0 Å². The molecule has 0 saturated heterocycles. The topological polar surface area (TPSA) is 38.7 Å².